The zero-order valence-electron chi connectivity index (χ0n) is 18.3. The summed E-state index contributed by atoms with van der Waals surface area (Å²) in [6, 6.07) is 7.39. The first-order valence-corrected chi connectivity index (χ1v) is 11.0. The third kappa shape index (κ3) is 4.27. The fraction of sp³-hybridized carbons (Fsp3) is 0.458. The highest BCUT2D eigenvalue weighted by atomic mass is 16.5. The third-order valence-corrected chi connectivity index (χ3v) is 6.07. The zero-order valence-corrected chi connectivity index (χ0v) is 18.3. The summed E-state index contributed by atoms with van der Waals surface area (Å²) in [5, 5.41) is 13.7. The Morgan fingerprint density at radius 3 is 2.72 bits per heavy atom. The lowest BCUT2D eigenvalue weighted by Crippen LogP contribution is -2.38. The number of ketones is 1. The third-order valence-electron chi connectivity index (χ3n) is 6.07. The lowest BCUT2D eigenvalue weighted by atomic mass is 9.86. The van der Waals surface area contributed by atoms with Crippen molar-refractivity contribution in [3.63, 3.8) is 0 Å². The second kappa shape index (κ2) is 9.56. The van der Waals surface area contributed by atoms with Crippen molar-refractivity contribution in [1.82, 2.24) is 4.98 Å². The molecule has 32 heavy (non-hydrogen) atoms. The van der Waals surface area contributed by atoms with Crippen molar-refractivity contribution in [3.05, 3.63) is 53.0 Å². The van der Waals surface area contributed by atoms with Crippen LogP contribution in [0.3, 0.4) is 0 Å². The first-order chi connectivity index (χ1) is 15.5. The maximum absolute atomic E-state index is 13.1. The molecule has 2 aromatic rings. The highest BCUT2D eigenvalue weighted by Gasteiger charge is 2.41. The molecule has 8 heteroatoms. The van der Waals surface area contributed by atoms with Crippen molar-refractivity contribution >= 4 is 17.4 Å². The van der Waals surface area contributed by atoms with Crippen LogP contribution in [0.25, 0.3) is 0 Å². The minimum atomic E-state index is -1.11. The van der Waals surface area contributed by atoms with Gasteiger partial charge in [0.25, 0.3) is 0 Å². The summed E-state index contributed by atoms with van der Waals surface area (Å²) in [6.45, 7) is 2.37. The Kier molecular flexibility index (Phi) is 6.60. The first kappa shape index (κ1) is 22.1. The SMILES string of the molecule is CCOc1ccc(C(CC(=O)OC)C2C(=O)c3ncccc3N2[O-])cc1OC1CCCC1. The molecule has 1 saturated carbocycles. The maximum Gasteiger partial charge on any atom is 0.306 e. The number of methoxy groups -OCH3 is 1. The van der Waals surface area contributed by atoms with Crippen molar-refractivity contribution < 1.29 is 23.8 Å². The molecule has 0 N–H and O–H groups in total. The van der Waals surface area contributed by atoms with Gasteiger partial charge < -0.3 is 24.5 Å². The molecule has 0 radical (unpaired) electrons. The number of Topliss-reactive ketones (excluding diaryl/α,β-unsaturated/α-hetero) is 1. The first-order valence-electron chi connectivity index (χ1n) is 11.0. The Morgan fingerprint density at radius 2 is 2.03 bits per heavy atom. The van der Waals surface area contributed by atoms with Gasteiger partial charge in [0.15, 0.2) is 11.5 Å². The smallest absolute Gasteiger partial charge is 0.306 e. The van der Waals surface area contributed by atoms with E-state index in [0.29, 0.717) is 28.7 Å². The Morgan fingerprint density at radius 1 is 1.25 bits per heavy atom. The summed E-state index contributed by atoms with van der Waals surface area (Å²) < 4.78 is 16.8. The molecule has 1 aromatic carbocycles. The van der Waals surface area contributed by atoms with Gasteiger partial charge in [0.2, 0.25) is 5.78 Å². The molecule has 0 bridgehead atoms. The quantitative estimate of drug-likeness (QED) is 0.569. The van der Waals surface area contributed by atoms with Crippen LogP contribution in [0.2, 0.25) is 0 Å². The molecular formula is C24H27N2O6-. The van der Waals surface area contributed by atoms with Gasteiger partial charge in [-0.25, -0.2) is 0 Å². The molecule has 4 rings (SSSR count). The molecule has 2 unspecified atom stereocenters. The van der Waals surface area contributed by atoms with Crippen molar-refractivity contribution in [2.24, 2.45) is 0 Å². The molecule has 1 aliphatic carbocycles. The van der Waals surface area contributed by atoms with Crippen LogP contribution in [0.4, 0.5) is 5.69 Å². The van der Waals surface area contributed by atoms with Crippen molar-refractivity contribution in [2.45, 2.75) is 57.1 Å². The predicted molar refractivity (Wildman–Crippen MR) is 118 cm³/mol. The van der Waals surface area contributed by atoms with Crippen LogP contribution < -0.4 is 14.5 Å². The number of anilines is 1. The second-order valence-corrected chi connectivity index (χ2v) is 8.06. The number of hydroxylamine groups is 1. The number of benzene rings is 1. The molecule has 2 atom stereocenters. The van der Waals surface area contributed by atoms with Crippen molar-refractivity contribution in [3.8, 4) is 11.5 Å². The number of ether oxygens (including phenoxy) is 3. The number of hydrogen-bond acceptors (Lipinski definition) is 8. The molecule has 2 heterocycles. The van der Waals surface area contributed by atoms with Gasteiger partial charge >= 0.3 is 5.97 Å². The van der Waals surface area contributed by atoms with E-state index < -0.39 is 23.7 Å². The van der Waals surface area contributed by atoms with E-state index in [0.717, 1.165) is 25.7 Å². The van der Waals surface area contributed by atoms with Crippen LogP contribution >= 0.6 is 0 Å². The van der Waals surface area contributed by atoms with Crippen LogP contribution in [0, 0.1) is 5.21 Å². The molecule has 0 spiro atoms. The van der Waals surface area contributed by atoms with Gasteiger partial charge in [-0.15, -0.1) is 0 Å². The van der Waals surface area contributed by atoms with Crippen LogP contribution in [0.5, 0.6) is 11.5 Å². The molecule has 1 aromatic heterocycles. The van der Waals surface area contributed by atoms with E-state index in [1.807, 2.05) is 6.92 Å². The molecule has 1 aliphatic heterocycles. The van der Waals surface area contributed by atoms with Crippen molar-refractivity contribution in [2.75, 3.05) is 18.8 Å². The molecular weight excluding hydrogens is 412 g/mol. The van der Waals surface area contributed by atoms with Crippen LogP contribution in [0.1, 0.15) is 61.0 Å². The van der Waals surface area contributed by atoms with Crippen LogP contribution in [-0.2, 0) is 9.53 Å². The van der Waals surface area contributed by atoms with E-state index in [1.54, 1.807) is 30.3 Å². The van der Waals surface area contributed by atoms with Gasteiger partial charge in [0, 0.05) is 12.1 Å². The van der Waals surface area contributed by atoms with E-state index in [-0.39, 0.29) is 23.9 Å². The summed E-state index contributed by atoms with van der Waals surface area (Å²) in [7, 11) is 1.29. The standard InChI is InChI=1S/C24H27N2O6/c1-3-31-19-11-10-15(13-20(19)32-16-7-4-5-8-16)17(14-21(27)30-2)23-24(28)22-18(26(23)29)9-6-12-25-22/h6,9-13,16-17,23H,3-5,7-8,14H2,1-2H3/q-1. The molecule has 8 nitrogen and oxygen atoms in total. The van der Waals surface area contributed by atoms with Crippen LogP contribution in [-0.4, -0.2) is 42.6 Å². The maximum atomic E-state index is 13.1. The summed E-state index contributed by atoms with van der Waals surface area (Å²) in [6.07, 6.45) is 5.62. The Hall–Kier alpha value is -3.13. The lowest BCUT2D eigenvalue weighted by molar-refractivity contribution is -0.141. The summed E-state index contributed by atoms with van der Waals surface area (Å²) >= 11 is 0. The minimum absolute atomic E-state index is 0.0982. The number of nitrogens with zero attached hydrogens (tertiary/aromatic N) is 2. The lowest BCUT2D eigenvalue weighted by Gasteiger charge is -2.36. The fourth-order valence-electron chi connectivity index (χ4n) is 4.49. The van der Waals surface area contributed by atoms with E-state index in [1.165, 1.54) is 13.3 Å². The molecule has 2 aliphatic rings. The Balaban J connectivity index is 1.72. The average molecular weight is 439 g/mol. The molecule has 0 amide bonds. The highest BCUT2D eigenvalue weighted by molar-refractivity contribution is 6.10. The van der Waals surface area contributed by atoms with E-state index in [2.05, 4.69) is 4.98 Å². The molecule has 0 saturated heterocycles. The fourth-order valence-corrected chi connectivity index (χ4v) is 4.49. The average Bonchev–Trinajstić information content (AvgIpc) is 3.40. The van der Waals surface area contributed by atoms with Gasteiger partial charge in [0.05, 0.1) is 38.0 Å². The summed E-state index contributed by atoms with van der Waals surface area (Å²) in [4.78, 5) is 29.4. The topological polar surface area (TPSA) is 101 Å². The number of carbonyl (C=O) groups is 2. The van der Waals surface area contributed by atoms with E-state index in [4.69, 9.17) is 14.2 Å². The molecule has 1 fully saturated rings. The number of hydrogen-bond donors (Lipinski definition) is 0. The number of pyridine rings is 1. The zero-order chi connectivity index (χ0) is 22.7. The number of aromatic nitrogens is 1. The van der Waals surface area contributed by atoms with Crippen molar-refractivity contribution in [1.29, 1.82) is 0 Å². The Bertz CT molecular complexity index is 988. The van der Waals surface area contributed by atoms with Gasteiger partial charge in [-0.2, -0.15) is 0 Å². The number of rotatable bonds is 8. The number of carbonyl (C=O) groups excluding carboxylic acids is 2. The van der Waals surface area contributed by atoms with Gasteiger partial charge in [-0.05, 0) is 62.4 Å². The van der Waals surface area contributed by atoms with Gasteiger partial charge in [-0.3, -0.25) is 14.6 Å². The predicted octanol–water partition coefficient (Wildman–Crippen LogP) is 4.02. The van der Waals surface area contributed by atoms with E-state index in [9.17, 15) is 14.8 Å². The normalized spacial score (nSPS) is 19.0. The number of esters is 1. The summed E-state index contributed by atoms with van der Waals surface area (Å²) in [5.74, 6) is -0.488. The Labute approximate surface area is 187 Å². The number of fused-ring (bicyclic) bond motifs is 1. The van der Waals surface area contributed by atoms with Gasteiger partial charge in [0.1, 0.15) is 5.69 Å². The largest absolute Gasteiger partial charge is 0.758 e. The molecule has 170 valence electrons. The van der Waals surface area contributed by atoms with E-state index >= 15 is 0 Å². The van der Waals surface area contributed by atoms with Gasteiger partial charge in [-0.1, -0.05) is 6.07 Å². The minimum Gasteiger partial charge on any atom is -0.758 e. The monoisotopic (exact) mass is 439 g/mol. The summed E-state index contributed by atoms with van der Waals surface area (Å²) in [5.41, 5.74) is 0.973. The second-order valence-electron chi connectivity index (χ2n) is 8.06. The van der Waals surface area contributed by atoms with Crippen LogP contribution in [0.15, 0.2) is 36.5 Å². The highest BCUT2D eigenvalue weighted by Crippen LogP contribution is 2.41.